The molecule has 0 atom stereocenters. The van der Waals surface area contributed by atoms with Gasteiger partial charge in [0, 0.05) is 11.9 Å². The number of thiophene rings is 1. The molecule has 0 aliphatic heterocycles. The van der Waals surface area contributed by atoms with Crippen molar-refractivity contribution in [2.75, 3.05) is 0 Å². The van der Waals surface area contributed by atoms with Gasteiger partial charge < -0.3 is 10.1 Å². The lowest BCUT2D eigenvalue weighted by Gasteiger charge is -1.92. The molecule has 0 aromatic carbocycles. The maximum atomic E-state index is 10.4. The Bertz CT molecular complexity index is 448. The molecule has 5 heteroatoms. The van der Waals surface area contributed by atoms with Gasteiger partial charge in [-0.15, -0.1) is 11.3 Å². The second-order valence-electron chi connectivity index (χ2n) is 3.13. The van der Waals surface area contributed by atoms with Gasteiger partial charge in [0.15, 0.2) is 0 Å². The molecule has 0 saturated carbocycles. The van der Waals surface area contributed by atoms with Crippen LogP contribution in [-0.4, -0.2) is 21.0 Å². The zero-order valence-corrected chi connectivity index (χ0v) is 8.75. The van der Waals surface area contributed by atoms with Crippen LogP contribution in [0.25, 0.3) is 10.7 Å². The summed E-state index contributed by atoms with van der Waals surface area (Å²) in [5.74, 6) is 0.0210. The van der Waals surface area contributed by atoms with E-state index in [1.807, 2.05) is 17.5 Å². The molecular weight excluding hydrogens is 212 g/mol. The molecule has 0 aliphatic rings. The SMILES string of the molecule is O=C(O)CCc1cnc(-c2cccs2)[nH]1. The normalized spacial score (nSPS) is 10.4. The van der Waals surface area contributed by atoms with Gasteiger partial charge in [-0.25, -0.2) is 4.98 Å². The molecule has 0 bridgehead atoms. The number of rotatable bonds is 4. The number of carboxylic acid groups (broad SMARTS) is 1. The fourth-order valence-electron chi connectivity index (χ4n) is 1.27. The number of aliphatic carboxylic acids is 1. The molecule has 0 unspecified atom stereocenters. The number of nitrogens with zero attached hydrogens (tertiary/aromatic N) is 1. The predicted octanol–water partition coefficient (Wildman–Crippen LogP) is 2.16. The van der Waals surface area contributed by atoms with Crippen molar-refractivity contribution in [1.29, 1.82) is 0 Å². The van der Waals surface area contributed by atoms with Gasteiger partial charge in [0.1, 0.15) is 5.82 Å². The lowest BCUT2D eigenvalue weighted by atomic mass is 10.2. The van der Waals surface area contributed by atoms with Crippen molar-refractivity contribution in [3.05, 3.63) is 29.4 Å². The second kappa shape index (κ2) is 4.27. The first kappa shape index (κ1) is 9.92. The van der Waals surface area contributed by atoms with Crippen LogP contribution in [0.4, 0.5) is 0 Å². The Morgan fingerprint density at radius 2 is 2.47 bits per heavy atom. The molecule has 0 radical (unpaired) electrons. The first-order chi connectivity index (χ1) is 7.25. The van der Waals surface area contributed by atoms with Gasteiger partial charge >= 0.3 is 5.97 Å². The summed E-state index contributed by atoms with van der Waals surface area (Å²) in [6, 6.07) is 3.93. The van der Waals surface area contributed by atoms with Gasteiger partial charge in [-0.2, -0.15) is 0 Å². The fraction of sp³-hybridized carbons (Fsp3) is 0.200. The number of hydrogen-bond donors (Lipinski definition) is 2. The van der Waals surface area contributed by atoms with Crippen LogP contribution in [0.3, 0.4) is 0 Å². The van der Waals surface area contributed by atoms with Crippen LogP contribution >= 0.6 is 11.3 Å². The smallest absolute Gasteiger partial charge is 0.303 e. The highest BCUT2D eigenvalue weighted by Crippen LogP contribution is 2.21. The van der Waals surface area contributed by atoms with Crippen LogP contribution in [0.15, 0.2) is 23.7 Å². The van der Waals surface area contributed by atoms with Crippen LogP contribution in [0.1, 0.15) is 12.1 Å². The summed E-state index contributed by atoms with van der Waals surface area (Å²) >= 11 is 1.60. The maximum absolute atomic E-state index is 10.4. The molecule has 0 fully saturated rings. The summed E-state index contributed by atoms with van der Waals surface area (Å²) in [5.41, 5.74) is 0.862. The lowest BCUT2D eigenvalue weighted by molar-refractivity contribution is -0.136. The van der Waals surface area contributed by atoms with Crippen LogP contribution in [0.2, 0.25) is 0 Å². The van der Waals surface area contributed by atoms with Gasteiger partial charge in [-0.1, -0.05) is 6.07 Å². The largest absolute Gasteiger partial charge is 0.481 e. The highest BCUT2D eigenvalue weighted by atomic mass is 32.1. The van der Waals surface area contributed by atoms with Crippen LogP contribution < -0.4 is 0 Å². The summed E-state index contributed by atoms with van der Waals surface area (Å²) in [7, 11) is 0. The Balaban J connectivity index is 2.08. The van der Waals surface area contributed by atoms with E-state index in [0.29, 0.717) is 6.42 Å². The summed E-state index contributed by atoms with van der Waals surface area (Å²) < 4.78 is 0. The predicted molar refractivity (Wildman–Crippen MR) is 57.9 cm³/mol. The molecule has 2 aromatic heterocycles. The Kier molecular flexibility index (Phi) is 2.82. The molecule has 0 spiro atoms. The Morgan fingerprint density at radius 3 is 3.13 bits per heavy atom. The number of hydrogen-bond acceptors (Lipinski definition) is 3. The molecule has 0 aliphatic carbocycles. The van der Waals surface area contributed by atoms with E-state index in [0.717, 1.165) is 16.4 Å². The third-order valence-corrected chi connectivity index (χ3v) is 2.87. The van der Waals surface area contributed by atoms with E-state index < -0.39 is 5.97 Å². The summed E-state index contributed by atoms with van der Waals surface area (Å²) in [6.45, 7) is 0. The van der Waals surface area contributed by atoms with Gasteiger partial charge in [-0.05, 0) is 17.9 Å². The van der Waals surface area contributed by atoms with E-state index in [1.54, 1.807) is 17.5 Å². The highest BCUT2D eigenvalue weighted by Gasteiger charge is 2.05. The third kappa shape index (κ3) is 2.44. The summed E-state index contributed by atoms with van der Waals surface area (Å²) in [5, 5.41) is 10.5. The van der Waals surface area contributed by atoms with Crippen LogP contribution in [-0.2, 0) is 11.2 Å². The number of H-pyrrole nitrogens is 1. The highest BCUT2D eigenvalue weighted by molar-refractivity contribution is 7.13. The van der Waals surface area contributed by atoms with Crippen molar-refractivity contribution >= 4 is 17.3 Å². The summed E-state index contributed by atoms with van der Waals surface area (Å²) in [6.07, 6.45) is 2.32. The number of aryl methyl sites for hydroxylation is 1. The molecule has 0 saturated heterocycles. The average Bonchev–Trinajstić information content (AvgIpc) is 2.85. The molecule has 4 nitrogen and oxygen atoms in total. The molecule has 78 valence electrons. The maximum Gasteiger partial charge on any atom is 0.303 e. The van der Waals surface area contributed by atoms with E-state index in [1.165, 1.54) is 0 Å². The van der Waals surface area contributed by atoms with Gasteiger partial charge in [0.2, 0.25) is 0 Å². The Hall–Kier alpha value is -1.62. The minimum atomic E-state index is -0.790. The quantitative estimate of drug-likeness (QED) is 0.833. The number of carboxylic acids is 1. The zero-order chi connectivity index (χ0) is 10.7. The van der Waals surface area contributed by atoms with Crippen molar-refractivity contribution in [1.82, 2.24) is 9.97 Å². The third-order valence-electron chi connectivity index (χ3n) is 1.99. The number of carbonyl (C=O) groups is 1. The first-order valence-corrected chi connectivity index (χ1v) is 5.43. The minimum Gasteiger partial charge on any atom is -0.481 e. The lowest BCUT2D eigenvalue weighted by Crippen LogP contribution is -1.97. The number of nitrogens with one attached hydrogen (secondary N) is 1. The molecule has 2 aromatic rings. The molecule has 2 N–H and O–H groups in total. The van der Waals surface area contributed by atoms with E-state index in [9.17, 15) is 4.79 Å². The van der Waals surface area contributed by atoms with Crippen molar-refractivity contribution < 1.29 is 9.90 Å². The standard InChI is InChI=1S/C10H10N2O2S/c13-9(14)4-3-7-6-11-10(12-7)8-2-1-5-15-8/h1-2,5-6H,3-4H2,(H,11,12)(H,13,14). The van der Waals surface area contributed by atoms with E-state index >= 15 is 0 Å². The van der Waals surface area contributed by atoms with E-state index in [2.05, 4.69) is 9.97 Å². The molecular formula is C10H10N2O2S. The summed E-state index contributed by atoms with van der Waals surface area (Å²) in [4.78, 5) is 18.7. The topological polar surface area (TPSA) is 66.0 Å². The van der Waals surface area contributed by atoms with Gasteiger partial charge in [0.05, 0.1) is 11.3 Å². The van der Waals surface area contributed by atoms with E-state index in [-0.39, 0.29) is 6.42 Å². The number of imidazole rings is 1. The van der Waals surface area contributed by atoms with Gasteiger partial charge in [-0.3, -0.25) is 4.79 Å². The Morgan fingerprint density at radius 1 is 1.60 bits per heavy atom. The Labute approximate surface area is 90.6 Å². The minimum absolute atomic E-state index is 0.131. The number of aromatic amines is 1. The first-order valence-electron chi connectivity index (χ1n) is 4.55. The molecule has 2 rings (SSSR count). The zero-order valence-electron chi connectivity index (χ0n) is 7.93. The molecule has 15 heavy (non-hydrogen) atoms. The fourth-order valence-corrected chi connectivity index (χ4v) is 1.94. The monoisotopic (exact) mass is 222 g/mol. The van der Waals surface area contributed by atoms with Crippen LogP contribution in [0.5, 0.6) is 0 Å². The van der Waals surface area contributed by atoms with E-state index in [4.69, 9.17) is 5.11 Å². The van der Waals surface area contributed by atoms with Crippen molar-refractivity contribution in [2.45, 2.75) is 12.8 Å². The average molecular weight is 222 g/mol. The van der Waals surface area contributed by atoms with Crippen molar-refractivity contribution in [3.63, 3.8) is 0 Å². The molecule has 2 heterocycles. The van der Waals surface area contributed by atoms with Gasteiger partial charge in [0.25, 0.3) is 0 Å². The second-order valence-corrected chi connectivity index (χ2v) is 4.08. The van der Waals surface area contributed by atoms with Crippen molar-refractivity contribution in [2.24, 2.45) is 0 Å². The van der Waals surface area contributed by atoms with Crippen molar-refractivity contribution in [3.8, 4) is 10.7 Å². The molecule has 0 amide bonds. The van der Waals surface area contributed by atoms with Crippen LogP contribution in [0, 0.1) is 0 Å². The number of aromatic nitrogens is 2.